The average molecular weight is 669 g/mol. The zero-order valence-corrected chi connectivity index (χ0v) is 28.9. The number of rotatable bonds is 17. The van der Waals surface area contributed by atoms with Crippen LogP contribution in [0.15, 0.2) is 82.6 Å². The molecule has 4 aromatic rings. The van der Waals surface area contributed by atoms with Gasteiger partial charge < -0.3 is 21.3 Å². The molecule has 0 radical (unpaired) electrons. The molecule has 0 saturated carbocycles. The molecular formula is C34H48N6O4S2. The summed E-state index contributed by atoms with van der Waals surface area (Å²) in [5, 5.41) is 2.72. The lowest BCUT2D eigenvalue weighted by Gasteiger charge is -2.32. The minimum atomic E-state index is -4.19. The lowest BCUT2D eigenvalue weighted by Crippen LogP contribution is -2.51. The Labute approximate surface area is 274 Å². The fraction of sp³-hybridized carbons (Fsp3) is 0.412. The average Bonchev–Trinajstić information content (AvgIpc) is 3.02. The smallest absolute Gasteiger partial charge is 0.245 e. The quantitative estimate of drug-likeness (QED) is 0.109. The molecule has 1 atom stereocenters. The number of nitrogens with two attached hydrogens (primary N) is 2. The molecule has 0 spiro atoms. The van der Waals surface area contributed by atoms with E-state index in [1.807, 2.05) is 74.4 Å². The molecule has 46 heavy (non-hydrogen) atoms. The van der Waals surface area contributed by atoms with Crippen LogP contribution in [0, 0.1) is 0 Å². The number of fused-ring (bicyclic) bond motifs is 2. The van der Waals surface area contributed by atoms with Gasteiger partial charge in [-0.1, -0.05) is 55.0 Å². The first-order valence-electron chi connectivity index (χ1n) is 15.8. The maximum atomic E-state index is 14.7. The molecular weight excluding hydrogens is 621 g/mol. The Bertz CT molecular complexity index is 1850. The van der Waals surface area contributed by atoms with Crippen LogP contribution in [0.2, 0.25) is 0 Å². The van der Waals surface area contributed by atoms with Crippen LogP contribution in [0.25, 0.3) is 21.5 Å². The van der Waals surface area contributed by atoms with Crippen molar-refractivity contribution >= 4 is 53.0 Å². The van der Waals surface area contributed by atoms with Gasteiger partial charge >= 0.3 is 0 Å². The van der Waals surface area contributed by atoms with E-state index in [0.717, 1.165) is 28.6 Å². The third kappa shape index (κ3) is 7.81. The van der Waals surface area contributed by atoms with Crippen molar-refractivity contribution in [2.45, 2.75) is 54.5 Å². The fourth-order valence-corrected chi connectivity index (χ4v) is 9.26. The van der Waals surface area contributed by atoms with Gasteiger partial charge in [0.2, 0.25) is 20.0 Å². The number of sulfonamides is 2. The predicted molar refractivity (Wildman–Crippen MR) is 190 cm³/mol. The normalized spacial score (nSPS) is 13.0. The summed E-state index contributed by atoms with van der Waals surface area (Å²) in [6.45, 7) is 1.03. The van der Waals surface area contributed by atoms with Gasteiger partial charge in [-0.05, 0) is 69.5 Å². The third-order valence-electron chi connectivity index (χ3n) is 8.21. The number of benzene rings is 4. The third-order valence-corrected chi connectivity index (χ3v) is 11.7. The topological polar surface area (TPSA) is 142 Å². The van der Waals surface area contributed by atoms with Crippen LogP contribution < -0.4 is 26.0 Å². The number of anilines is 2. The van der Waals surface area contributed by atoms with Crippen molar-refractivity contribution < 1.29 is 16.8 Å². The lowest BCUT2D eigenvalue weighted by molar-refractivity contribution is 0.278. The van der Waals surface area contributed by atoms with Gasteiger partial charge in [0.1, 0.15) is 0 Å². The maximum absolute atomic E-state index is 14.7. The van der Waals surface area contributed by atoms with E-state index in [4.69, 9.17) is 11.5 Å². The van der Waals surface area contributed by atoms with Crippen molar-refractivity contribution in [3.63, 3.8) is 0 Å². The van der Waals surface area contributed by atoms with E-state index in [9.17, 15) is 16.8 Å². The van der Waals surface area contributed by atoms with Crippen LogP contribution in [-0.2, 0) is 20.0 Å². The van der Waals surface area contributed by atoms with Gasteiger partial charge in [-0.25, -0.2) is 16.8 Å². The first-order valence-corrected chi connectivity index (χ1v) is 18.7. The minimum absolute atomic E-state index is 0.0961. The number of hydrogen-bond donors (Lipinski definition) is 3. The minimum Gasteiger partial charge on any atom is -0.377 e. The van der Waals surface area contributed by atoms with Crippen molar-refractivity contribution in [2.75, 3.05) is 57.6 Å². The molecule has 0 amide bonds. The molecule has 0 fully saturated rings. The molecule has 0 aromatic heterocycles. The highest BCUT2D eigenvalue weighted by atomic mass is 32.2. The highest BCUT2D eigenvalue weighted by molar-refractivity contribution is 7.90. The zero-order valence-electron chi connectivity index (χ0n) is 27.3. The molecule has 4 aromatic carbocycles. The van der Waals surface area contributed by atoms with Crippen LogP contribution in [0.1, 0.15) is 38.5 Å². The Morgan fingerprint density at radius 1 is 0.609 bits per heavy atom. The standard InChI is InChI=1S/C34H48N6O4S2/c1-38(2)30-18-10-16-28-26(30)14-12-20-32(28)45(41,42)37-34(22-6-8-24-36)40(25-9-5-7-23-35)46(43,44)33-21-13-15-27-29(33)17-11-19-31(27)39(3)4/h10-21,34,37H,5-9,22-25,35-36H2,1-4H3. The van der Waals surface area contributed by atoms with Gasteiger partial charge in [0.15, 0.2) is 0 Å². The Morgan fingerprint density at radius 2 is 1.09 bits per heavy atom. The molecule has 0 aliphatic rings. The monoisotopic (exact) mass is 668 g/mol. The summed E-state index contributed by atoms with van der Waals surface area (Å²) in [5.41, 5.74) is 13.3. The van der Waals surface area contributed by atoms with Gasteiger partial charge in [-0.15, -0.1) is 0 Å². The van der Waals surface area contributed by atoms with E-state index in [1.54, 1.807) is 36.4 Å². The Balaban J connectivity index is 1.85. The summed E-state index contributed by atoms with van der Waals surface area (Å²) >= 11 is 0. The molecule has 1 unspecified atom stereocenters. The van der Waals surface area contributed by atoms with E-state index in [-0.39, 0.29) is 22.8 Å². The SMILES string of the molecule is CN(C)c1cccc2c(S(=O)(=O)NC(CCCCN)N(CCCCCN)S(=O)(=O)c3cccc4c(N(C)C)cccc34)cccc12. The Hall–Kier alpha value is -3.26. The van der Waals surface area contributed by atoms with Crippen LogP contribution in [0.5, 0.6) is 0 Å². The number of unbranched alkanes of at least 4 members (excludes halogenated alkanes) is 3. The van der Waals surface area contributed by atoms with Crippen LogP contribution >= 0.6 is 0 Å². The molecule has 4 rings (SSSR count). The van der Waals surface area contributed by atoms with E-state index in [2.05, 4.69) is 4.72 Å². The summed E-state index contributed by atoms with van der Waals surface area (Å²) in [6.07, 6.45) is 2.36. The highest BCUT2D eigenvalue weighted by Crippen LogP contribution is 2.34. The Morgan fingerprint density at radius 3 is 1.63 bits per heavy atom. The van der Waals surface area contributed by atoms with Crippen LogP contribution in [0.3, 0.4) is 0 Å². The molecule has 10 nitrogen and oxygen atoms in total. The second kappa shape index (κ2) is 15.6. The Kier molecular flexibility index (Phi) is 12.0. The summed E-state index contributed by atoms with van der Waals surface area (Å²) in [6, 6.07) is 21.5. The van der Waals surface area contributed by atoms with Crippen molar-refractivity contribution in [1.82, 2.24) is 9.03 Å². The summed E-state index contributed by atoms with van der Waals surface area (Å²) in [5.74, 6) is 0. The van der Waals surface area contributed by atoms with Crippen molar-refractivity contribution in [3.8, 4) is 0 Å². The first kappa shape index (κ1) is 35.6. The lowest BCUT2D eigenvalue weighted by atomic mass is 10.1. The second-order valence-corrected chi connectivity index (χ2v) is 15.5. The molecule has 0 aliphatic heterocycles. The summed E-state index contributed by atoms with van der Waals surface area (Å²) < 4.78 is 62.2. The number of nitrogens with zero attached hydrogens (tertiary/aromatic N) is 3. The maximum Gasteiger partial charge on any atom is 0.245 e. The molecule has 12 heteroatoms. The van der Waals surface area contributed by atoms with Crippen LogP contribution in [-0.4, -0.2) is 75.1 Å². The predicted octanol–water partition coefficient (Wildman–Crippen LogP) is 4.68. The molecule has 0 saturated heterocycles. The number of nitrogens with one attached hydrogen (secondary N) is 1. The van der Waals surface area contributed by atoms with Crippen molar-refractivity contribution in [2.24, 2.45) is 11.5 Å². The van der Waals surface area contributed by atoms with Gasteiger partial charge in [0.05, 0.1) is 16.0 Å². The van der Waals surface area contributed by atoms with Gasteiger partial charge in [0, 0.05) is 67.7 Å². The van der Waals surface area contributed by atoms with Gasteiger partial charge in [-0.3, -0.25) is 0 Å². The second-order valence-electron chi connectivity index (χ2n) is 11.9. The largest absolute Gasteiger partial charge is 0.377 e. The van der Waals surface area contributed by atoms with Crippen molar-refractivity contribution in [3.05, 3.63) is 72.8 Å². The summed E-state index contributed by atoms with van der Waals surface area (Å²) in [7, 11) is -0.731. The van der Waals surface area contributed by atoms with E-state index >= 15 is 0 Å². The molecule has 5 N–H and O–H groups in total. The first-order chi connectivity index (χ1) is 21.9. The molecule has 0 bridgehead atoms. The molecule has 250 valence electrons. The highest BCUT2D eigenvalue weighted by Gasteiger charge is 2.35. The van der Waals surface area contributed by atoms with Gasteiger partial charge in [-0.2, -0.15) is 9.03 Å². The number of hydrogen-bond acceptors (Lipinski definition) is 8. The fourth-order valence-electron chi connectivity index (χ4n) is 5.91. The zero-order chi connectivity index (χ0) is 33.5. The van der Waals surface area contributed by atoms with E-state index < -0.39 is 26.2 Å². The molecule has 0 heterocycles. The summed E-state index contributed by atoms with van der Waals surface area (Å²) in [4.78, 5) is 4.11. The van der Waals surface area contributed by atoms with Crippen LogP contribution in [0.4, 0.5) is 11.4 Å². The van der Waals surface area contributed by atoms with Gasteiger partial charge in [0.25, 0.3) is 0 Å². The molecule has 0 aliphatic carbocycles. The van der Waals surface area contributed by atoms with E-state index in [1.165, 1.54) is 4.31 Å². The van der Waals surface area contributed by atoms with E-state index in [0.29, 0.717) is 49.5 Å². The van der Waals surface area contributed by atoms with Crippen molar-refractivity contribution in [1.29, 1.82) is 0 Å².